The second-order valence-electron chi connectivity index (χ2n) is 7.48. The van der Waals surface area contributed by atoms with E-state index in [1.54, 1.807) is 36.4 Å². The Morgan fingerprint density at radius 1 is 1.17 bits per heavy atom. The zero-order chi connectivity index (χ0) is 20.4. The molecule has 0 atom stereocenters. The summed E-state index contributed by atoms with van der Waals surface area (Å²) in [4.78, 5) is 4.52. The summed E-state index contributed by atoms with van der Waals surface area (Å²) in [6.45, 7) is 0. The number of fused-ring (bicyclic) bond motifs is 1. The molecule has 1 saturated carbocycles. The van der Waals surface area contributed by atoms with Crippen molar-refractivity contribution in [3.8, 4) is 6.07 Å². The number of benzene rings is 1. The van der Waals surface area contributed by atoms with E-state index >= 15 is 0 Å². The molecule has 0 aliphatic heterocycles. The fraction of sp³-hybridized carbons (Fsp3) is 0.333. The Labute approximate surface area is 170 Å². The number of nitrogen functional groups attached to an aromatic ring is 1. The molecule has 3 N–H and O–H groups in total. The van der Waals surface area contributed by atoms with Gasteiger partial charge in [-0.15, -0.1) is 0 Å². The maximum absolute atomic E-state index is 13.0. The molecule has 3 aromatic rings. The van der Waals surface area contributed by atoms with Gasteiger partial charge >= 0.3 is 0 Å². The highest BCUT2D eigenvalue weighted by molar-refractivity contribution is 7.90. The monoisotopic (exact) mass is 409 g/mol. The van der Waals surface area contributed by atoms with E-state index < -0.39 is 10.0 Å². The fourth-order valence-corrected chi connectivity index (χ4v) is 5.31. The third kappa shape index (κ3) is 3.66. The minimum absolute atomic E-state index is 0.210. The average Bonchev–Trinajstić information content (AvgIpc) is 3.17. The van der Waals surface area contributed by atoms with Crippen LogP contribution in [0.15, 0.2) is 53.7 Å². The molecule has 2 aromatic heterocycles. The van der Waals surface area contributed by atoms with Gasteiger partial charge in [0.1, 0.15) is 0 Å². The summed E-state index contributed by atoms with van der Waals surface area (Å²) >= 11 is 0. The van der Waals surface area contributed by atoms with E-state index in [1.165, 1.54) is 16.4 Å². The van der Waals surface area contributed by atoms with Crippen LogP contribution in [0.1, 0.15) is 32.1 Å². The van der Waals surface area contributed by atoms with Crippen LogP contribution in [0.4, 0.5) is 11.4 Å². The summed E-state index contributed by atoms with van der Waals surface area (Å²) < 4.78 is 27.3. The van der Waals surface area contributed by atoms with Crippen LogP contribution in [0.25, 0.3) is 11.0 Å². The van der Waals surface area contributed by atoms with Crippen LogP contribution in [0.5, 0.6) is 0 Å². The summed E-state index contributed by atoms with van der Waals surface area (Å²) in [5.41, 5.74) is 7.75. The molecule has 0 bridgehead atoms. The molecule has 1 fully saturated rings. The van der Waals surface area contributed by atoms with Gasteiger partial charge in [-0.3, -0.25) is 0 Å². The van der Waals surface area contributed by atoms with E-state index in [2.05, 4.69) is 16.4 Å². The Morgan fingerprint density at radius 3 is 2.59 bits per heavy atom. The zero-order valence-electron chi connectivity index (χ0n) is 16.0. The lowest BCUT2D eigenvalue weighted by molar-refractivity contribution is 0.343. The van der Waals surface area contributed by atoms with Crippen LogP contribution in [0.2, 0.25) is 0 Å². The highest BCUT2D eigenvalue weighted by Crippen LogP contribution is 2.34. The maximum atomic E-state index is 13.0. The number of nitrogens with one attached hydrogen (secondary N) is 1. The average molecular weight is 410 g/mol. The van der Waals surface area contributed by atoms with Crippen molar-refractivity contribution in [3.63, 3.8) is 0 Å². The molecule has 1 aliphatic rings. The highest BCUT2D eigenvalue weighted by atomic mass is 32.2. The predicted molar refractivity (Wildman–Crippen MR) is 113 cm³/mol. The van der Waals surface area contributed by atoms with Gasteiger partial charge in [0.25, 0.3) is 10.0 Å². The third-order valence-electron chi connectivity index (χ3n) is 5.59. The van der Waals surface area contributed by atoms with E-state index in [4.69, 9.17) is 11.0 Å². The first-order chi connectivity index (χ1) is 14.0. The van der Waals surface area contributed by atoms with E-state index in [-0.39, 0.29) is 10.9 Å². The number of anilines is 2. The van der Waals surface area contributed by atoms with Gasteiger partial charge in [-0.2, -0.15) is 5.26 Å². The SMILES string of the molecule is N#CCC1CCC(Nc2c(N)cnc3c2ccn3S(=O)(=O)c2ccccc2)CC1. The third-order valence-corrected chi connectivity index (χ3v) is 7.27. The van der Waals surface area contributed by atoms with Crippen molar-refractivity contribution in [2.45, 2.75) is 43.0 Å². The van der Waals surface area contributed by atoms with Crippen LogP contribution in [0, 0.1) is 17.2 Å². The van der Waals surface area contributed by atoms with Crippen molar-refractivity contribution in [2.75, 3.05) is 11.1 Å². The zero-order valence-corrected chi connectivity index (χ0v) is 16.8. The smallest absolute Gasteiger partial charge is 0.269 e. The Hall–Kier alpha value is -3.05. The lowest BCUT2D eigenvalue weighted by Gasteiger charge is -2.29. The van der Waals surface area contributed by atoms with E-state index in [0.29, 0.717) is 29.1 Å². The largest absolute Gasteiger partial charge is 0.396 e. The number of aromatic nitrogens is 2. The molecule has 150 valence electrons. The van der Waals surface area contributed by atoms with E-state index in [9.17, 15) is 8.42 Å². The molecule has 4 rings (SSSR count). The predicted octanol–water partition coefficient (Wildman–Crippen LogP) is 3.74. The number of pyridine rings is 1. The van der Waals surface area contributed by atoms with Gasteiger partial charge in [0, 0.05) is 24.0 Å². The number of hydrogen-bond acceptors (Lipinski definition) is 6. The summed E-state index contributed by atoms with van der Waals surface area (Å²) in [5, 5.41) is 13.1. The minimum atomic E-state index is -3.74. The van der Waals surface area contributed by atoms with Gasteiger partial charge < -0.3 is 11.1 Å². The van der Waals surface area contributed by atoms with Crippen LogP contribution in [0.3, 0.4) is 0 Å². The first-order valence-electron chi connectivity index (χ1n) is 9.70. The van der Waals surface area contributed by atoms with Crippen molar-refractivity contribution in [1.82, 2.24) is 8.96 Å². The fourth-order valence-electron chi connectivity index (χ4n) is 3.98. The van der Waals surface area contributed by atoms with Gasteiger partial charge in [0.15, 0.2) is 5.65 Å². The molecule has 0 spiro atoms. The molecule has 0 radical (unpaired) electrons. The van der Waals surface area contributed by atoms with Gasteiger partial charge in [-0.1, -0.05) is 18.2 Å². The second-order valence-corrected chi connectivity index (χ2v) is 9.29. The van der Waals surface area contributed by atoms with Gasteiger partial charge in [-0.05, 0) is 49.8 Å². The quantitative estimate of drug-likeness (QED) is 0.663. The standard InChI is InChI=1S/C21H23N5O2S/c22-12-10-15-6-8-16(9-7-15)25-20-18-11-13-26(21(18)24-14-19(20)23)29(27,28)17-4-2-1-3-5-17/h1-5,11,13-16H,6-10,23H2,(H,24,25). The number of nitrogens with two attached hydrogens (primary N) is 1. The minimum Gasteiger partial charge on any atom is -0.396 e. The van der Waals surface area contributed by atoms with Crippen molar-refractivity contribution in [2.24, 2.45) is 5.92 Å². The molecule has 0 amide bonds. The first-order valence-corrected chi connectivity index (χ1v) is 11.1. The van der Waals surface area contributed by atoms with Crippen LogP contribution in [-0.4, -0.2) is 23.4 Å². The summed E-state index contributed by atoms with van der Waals surface area (Å²) in [7, 11) is -3.74. The van der Waals surface area contributed by atoms with Gasteiger partial charge in [0.2, 0.25) is 0 Å². The van der Waals surface area contributed by atoms with E-state index in [0.717, 1.165) is 31.4 Å². The highest BCUT2D eigenvalue weighted by Gasteiger charge is 2.24. The molecule has 2 heterocycles. The van der Waals surface area contributed by atoms with Crippen LogP contribution in [-0.2, 0) is 10.0 Å². The molecule has 7 nitrogen and oxygen atoms in total. The van der Waals surface area contributed by atoms with E-state index in [1.807, 2.05) is 0 Å². The Bertz CT molecular complexity index is 1160. The molecule has 0 unspecified atom stereocenters. The van der Waals surface area contributed by atoms with Crippen LogP contribution >= 0.6 is 0 Å². The second kappa shape index (κ2) is 7.76. The van der Waals surface area contributed by atoms with Crippen molar-refractivity contribution >= 4 is 32.4 Å². The Balaban J connectivity index is 1.66. The Kier molecular flexibility index (Phi) is 5.16. The first kappa shape index (κ1) is 19.3. The number of rotatable bonds is 5. The Morgan fingerprint density at radius 2 is 1.90 bits per heavy atom. The lowest BCUT2D eigenvalue weighted by atomic mass is 9.84. The number of hydrogen-bond donors (Lipinski definition) is 2. The lowest BCUT2D eigenvalue weighted by Crippen LogP contribution is -2.26. The molecule has 1 aromatic carbocycles. The number of nitriles is 1. The summed E-state index contributed by atoms with van der Waals surface area (Å²) in [6, 6.07) is 12.5. The van der Waals surface area contributed by atoms with Crippen molar-refractivity contribution < 1.29 is 8.42 Å². The van der Waals surface area contributed by atoms with Crippen LogP contribution < -0.4 is 11.1 Å². The summed E-state index contributed by atoms with van der Waals surface area (Å²) in [6.07, 6.45) is 7.55. The molecule has 1 aliphatic carbocycles. The topological polar surface area (TPSA) is 114 Å². The molecular weight excluding hydrogens is 386 g/mol. The molecule has 29 heavy (non-hydrogen) atoms. The molecule has 0 saturated heterocycles. The van der Waals surface area contributed by atoms with Crippen molar-refractivity contribution in [1.29, 1.82) is 5.26 Å². The summed E-state index contributed by atoms with van der Waals surface area (Å²) in [5.74, 6) is 0.463. The maximum Gasteiger partial charge on any atom is 0.269 e. The van der Waals surface area contributed by atoms with Gasteiger partial charge in [0.05, 0.1) is 28.5 Å². The molecule has 8 heteroatoms. The molecular formula is C21H23N5O2S. The van der Waals surface area contributed by atoms with Gasteiger partial charge in [-0.25, -0.2) is 17.4 Å². The number of nitrogens with zero attached hydrogens (tertiary/aromatic N) is 3. The normalized spacial score (nSPS) is 19.7. The van der Waals surface area contributed by atoms with Crippen molar-refractivity contribution in [3.05, 3.63) is 48.8 Å².